The van der Waals surface area contributed by atoms with E-state index in [1.807, 2.05) is 18.9 Å². The van der Waals surface area contributed by atoms with Crippen molar-refractivity contribution < 1.29 is 14.4 Å². The Kier molecular flexibility index (Phi) is 15.2. The van der Waals surface area contributed by atoms with Crippen LogP contribution in [-0.2, 0) is 14.4 Å². The fourth-order valence-corrected chi connectivity index (χ4v) is 1.26. The van der Waals surface area contributed by atoms with Crippen LogP contribution in [0.25, 0.3) is 11.1 Å². The molecular weight excluding hydrogens is 256 g/mol. The van der Waals surface area contributed by atoms with Crippen LogP contribution in [0.2, 0.25) is 0 Å². The summed E-state index contributed by atoms with van der Waals surface area (Å²) in [7, 11) is 0. The lowest BCUT2D eigenvalue weighted by Crippen LogP contribution is -1.73. The molecule has 20 heavy (non-hydrogen) atoms. The zero-order chi connectivity index (χ0) is 15.6. The van der Waals surface area contributed by atoms with Crippen LogP contribution in [-0.4, -0.2) is 18.9 Å². The molecule has 0 fully saturated rings. The summed E-state index contributed by atoms with van der Waals surface area (Å²) in [4.78, 5) is 24.7. The first-order chi connectivity index (χ1) is 9.79. The summed E-state index contributed by atoms with van der Waals surface area (Å²) < 4.78 is 0. The summed E-state index contributed by atoms with van der Waals surface area (Å²) in [5, 5.41) is 10.8. The average molecular weight is 270 g/mol. The van der Waals surface area contributed by atoms with Gasteiger partial charge in [0.15, 0.2) is 0 Å². The van der Waals surface area contributed by atoms with Crippen molar-refractivity contribution in [2.24, 2.45) is 0 Å². The third-order valence-electron chi connectivity index (χ3n) is 1.88. The van der Waals surface area contributed by atoms with Gasteiger partial charge in [0.2, 0.25) is 12.2 Å². The molecule has 0 aromatic heterocycles. The highest BCUT2D eigenvalue weighted by Gasteiger charge is 1.91. The summed E-state index contributed by atoms with van der Waals surface area (Å²) in [6.45, 7) is 2.00. The fraction of sp³-hybridized carbons (Fsp3) is 0. The Hall–Kier alpha value is -3.13. The molecule has 2 N–H and O–H groups in total. The Morgan fingerprint density at radius 2 is 0.850 bits per heavy atom. The van der Waals surface area contributed by atoms with E-state index in [-0.39, 0.29) is 0 Å². The van der Waals surface area contributed by atoms with Crippen LogP contribution < -0.4 is 0 Å². The molecule has 0 unspecified atom stereocenters. The maximum atomic E-state index is 8.35. The van der Waals surface area contributed by atoms with Gasteiger partial charge in [-0.15, -0.1) is 0 Å². The molecule has 0 spiro atoms. The molecule has 2 rings (SSSR count). The van der Waals surface area contributed by atoms with Gasteiger partial charge in [-0.2, -0.15) is 0 Å². The van der Waals surface area contributed by atoms with Gasteiger partial charge in [0, 0.05) is 0 Å². The van der Waals surface area contributed by atoms with Crippen LogP contribution in [0.1, 0.15) is 0 Å². The maximum absolute atomic E-state index is 8.35. The molecule has 0 radical (unpaired) electrons. The molecule has 2 aromatic rings. The highest BCUT2D eigenvalue weighted by molar-refractivity contribution is 5.62. The van der Waals surface area contributed by atoms with E-state index in [4.69, 9.17) is 25.2 Å². The monoisotopic (exact) mass is 270 g/mol. The minimum Gasteiger partial charge on any atom is -0.307 e. The van der Waals surface area contributed by atoms with Gasteiger partial charge in [-0.3, -0.25) is 0 Å². The lowest BCUT2D eigenvalue weighted by molar-refractivity contribution is -0.0979. The SMILES string of the molecule is C=O.N=C=O.N=C=O.c1ccc(-c2ccccc2)cc1. The maximum Gasteiger partial charge on any atom is 0.231 e. The first-order valence-corrected chi connectivity index (χ1v) is 5.27. The van der Waals surface area contributed by atoms with E-state index in [9.17, 15) is 0 Å². The van der Waals surface area contributed by atoms with Gasteiger partial charge in [-0.25, -0.2) is 20.4 Å². The molecule has 0 aliphatic rings. The van der Waals surface area contributed by atoms with Crippen molar-refractivity contribution in [1.82, 2.24) is 0 Å². The fourth-order valence-electron chi connectivity index (χ4n) is 1.26. The molecule has 0 saturated heterocycles. The quantitative estimate of drug-likeness (QED) is 0.615. The zero-order valence-corrected chi connectivity index (χ0v) is 10.7. The number of benzene rings is 2. The van der Waals surface area contributed by atoms with Gasteiger partial charge in [0.05, 0.1) is 0 Å². The summed E-state index contributed by atoms with van der Waals surface area (Å²) in [6, 6.07) is 20.8. The van der Waals surface area contributed by atoms with Crippen LogP contribution in [0.4, 0.5) is 0 Å². The van der Waals surface area contributed by atoms with Crippen molar-refractivity contribution in [2.45, 2.75) is 0 Å². The second-order valence-electron chi connectivity index (χ2n) is 2.94. The van der Waals surface area contributed by atoms with Crippen molar-refractivity contribution in [1.29, 1.82) is 10.8 Å². The number of hydrogen-bond donors (Lipinski definition) is 2. The molecule has 5 nitrogen and oxygen atoms in total. The molecule has 0 atom stereocenters. The molecule has 102 valence electrons. The zero-order valence-electron chi connectivity index (χ0n) is 10.7. The Bertz CT molecular complexity index is 466. The van der Waals surface area contributed by atoms with Crippen LogP contribution >= 0.6 is 0 Å². The first kappa shape index (κ1) is 19.2. The topological polar surface area (TPSA) is 98.9 Å². The Balaban J connectivity index is 0. The molecule has 2 aromatic carbocycles. The van der Waals surface area contributed by atoms with Gasteiger partial charge in [-0.1, -0.05) is 60.7 Å². The predicted octanol–water partition coefficient (Wildman–Crippen LogP) is 2.97. The van der Waals surface area contributed by atoms with Gasteiger partial charge in [0.25, 0.3) is 0 Å². The molecule has 5 heteroatoms. The van der Waals surface area contributed by atoms with E-state index >= 15 is 0 Å². The second-order valence-corrected chi connectivity index (χ2v) is 2.94. The number of nitrogens with one attached hydrogen (secondary N) is 2. The first-order valence-electron chi connectivity index (χ1n) is 5.27. The Labute approximate surface area is 116 Å². The summed E-state index contributed by atoms with van der Waals surface area (Å²) in [6.07, 6.45) is 1.50. The van der Waals surface area contributed by atoms with E-state index < -0.39 is 0 Å². The Morgan fingerprint density at radius 1 is 0.650 bits per heavy atom. The average Bonchev–Trinajstić information content (AvgIpc) is 2.53. The smallest absolute Gasteiger partial charge is 0.231 e. The largest absolute Gasteiger partial charge is 0.307 e. The van der Waals surface area contributed by atoms with Gasteiger partial charge >= 0.3 is 0 Å². The van der Waals surface area contributed by atoms with Gasteiger partial charge in [-0.05, 0) is 11.1 Å². The molecular formula is C15H14N2O3. The minimum atomic E-state index is 0.750. The number of isocyanates is 2. The molecule has 0 aliphatic heterocycles. The van der Waals surface area contributed by atoms with Crippen molar-refractivity contribution in [3.63, 3.8) is 0 Å². The highest BCUT2D eigenvalue weighted by Crippen LogP contribution is 2.17. The van der Waals surface area contributed by atoms with Crippen molar-refractivity contribution >= 4 is 18.9 Å². The molecule has 0 heterocycles. The van der Waals surface area contributed by atoms with Gasteiger partial charge < -0.3 is 4.79 Å². The summed E-state index contributed by atoms with van der Waals surface area (Å²) in [5.41, 5.74) is 2.55. The third kappa shape index (κ3) is 10.1. The third-order valence-corrected chi connectivity index (χ3v) is 1.88. The van der Waals surface area contributed by atoms with E-state index in [1.54, 1.807) is 0 Å². The van der Waals surface area contributed by atoms with Gasteiger partial charge in [0.1, 0.15) is 6.79 Å². The van der Waals surface area contributed by atoms with E-state index in [2.05, 4.69) is 48.5 Å². The minimum absolute atomic E-state index is 0.750. The number of rotatable bonds is 1. The van der Waals surface area contributed by atoms with E-state index in [0.717, 1.165) is 12.2 Å². The molecule has 0 aliphatic carbocycles. The number of carbonyl (C=O) groups excluding carboxylic acids is 3. The van der Waals surface area contributed by atoms with E-state index in [0.29, 0.717) is 0 Å². The van der Waals surface area contributed by atoms with Crippen molar-refractivity contribution in [3.05, 3.63) is 60.7 Å². The highest BCUT2D eigenvalue weighted by atomic mass is 16.1. The number of carbonyl (C=O) groups is 1. The number of hydrogen-bond acceptors (Lipinski definition) is 5. The lowest BCUT2D eigenvalue weighted by atomic mass is 10.1. The van der Waals surface area contributed by atoms with Crippen LogP contribution in [0.15, 0.2) is 60.7 Å². The summed E-state index contributed by atoms with van der Waals surface area (Å²) in [5.74, 6) is 0. The van der Waals surface area contributed by atoms with Crippen LogP contribution in [0, 0.1) is 10.8 Å². The molecule has 0 amide bonds. The lowest BCUT2D eigenvalue weighted by Gasteiger charge is -1.98. The van der Waals surface area contributed by atoms with Crippen LogP contribution in [0.5, 0.6) is 0 Å². The molecule has 0 bridgehead atoms. The normalized spacial score (nSPS) is 6.80. The van der Waals surface area contributed by atoms with Crippen LogP contribution in [0.3, 0.4) is 0 Å². The standard InChI is InChI=1S/C12H10.2CHNO.CH2O/c1-3-7-11(8-4-1)12-9-5-2-6-10-12;2*2-1-3;1-2/h1-10H;2*2H;1H2. The summed E-state index contributed by atoms with van der Waals surface area (Å²) >= 11 is 0. The molecule has 0 saturated carbocycles. The Morgan fingerprint density at radius 3 is 1.05 bits per heavy atom. The predicted molar refractivity (Wildman–Crippen MR) is 75.8 cm³/mol. The second kappa shape index (κ2) is 15.9. The van der Waals surface area contributed by atoms with Crippen molar-refractivity contribution in [3.8, 4) is 11.1 Å². The van der Waals surface area contributed by atoms with E-state index in [1.165, 1.54) is 11.1 Å². The van der Waals surface area contributed by atoms with Crippen molar-refractivity contribution in [2.75, 3.05) is 0 Å².